The molecule has 198 valence electrons. The number of halogens is 2. The molecule has 0 fully saturated rings. The van der Waals surface area contributed by atoms with Crippen LogP contribution in [0.3, 0.4) is 0 Å². The molecule has 0 saturated carbocycles. The molecular formula is C24H28ClFN6O5. The van der Waals surface area contributed by atoms with E-state index in [0.29, 0.717) is 16.6 Å². The highest BCUT2D eigenvalue weighted by Gasteiger charge is 2.27. The van der Waals surface area contributed by atoms with Gasteiger partial charge >= 0.3 is 0 Å². The summed E-state index contributed by atoms with van der Waals surface area (Å²) in [5.74, 6) is -2.76. The van der Waals surface area contributed by atoms with Crippen molar-refractivity contribution >= 4 is 45.9 Å². The maximum absolute atomic E-state index is 14.5. The molecule has 1 aromatic heterocycles. The lowest BCUT2D eigenvalue weighted by Crippen LogP contribution is -2.48. The predicted octanol–water partition coefficient (Wildman–Crippen LogP) is 0.959. The van der Waals surface area contributed by atoms with Crippen LogP contribution in [0.25, 0.3) is 10.9 Å². The van der Waals surface area contributed by atoms with Gasteiger partial charge in [0.25, 0.3) is 5.91 Å². The number of fused-ring (bicyclic) bond motifs is 1. The number of hydrogen-bond donors (Lipinski definition) is 5. The average molecular weight is 535 g/mol. The van der Waals surface area contributed by atoms with Crippen molar-refractivity contribution in [1.29, 1.82) is 0 Å². The highest BCUT2D eigenvalue weighted by atomic mass is 35.5. The number of aromatic nitrogens is 2. The van der Waals surface area contributed by atoms with Crippen molar-refractivity contribution in [1.82, 2.24) is 20.0 Å². The van der Waals surface area contributed by atoms with Gasteiger partial charge in [0, 0.05) is 23.2 Å². The van der Waals surface area contributed by atoms with E-state index in [2.05, 4.69) is 10.4 Å². The fraction of sp³-hybridized carbons (Fsp3) is 0.333. The fourth-order valence-corrected chi connectivity index (χ4v) is 4.11. The van der Waals surface area contributed by atoms with Crippen LogP contribution < -0.4 is 16.8 Å². The van der Waals surface area contributed by atoms with Gasteiger partial charge in [-0.25, -0.2) is 4.39 Å². The number of benzene rings is 2. The minimum atomic E-state index is -0.906. The number of amides is 3. The number of aliphatic hydroxyl groups is 2. The predicted molar refractivity (Wildman–Crippen MR) is 135 cm³/mol. The molecule has 13 heteroatoms. The van der Waals surface area contributed by atoms with Gasteiger partial charge < -0.3 is 31.9 Å². The molecule has 7 N–H and O–H groups in total. The van der Waals surface area contributed by atoms with Crippen LogP contribution >= 0.6 is 11.6 Å². The van der Waals surface area contributed by atoms with Gasteiger partial charge in [-0.05, 0) is 37.6 Å². The quantitative estimate of drug-likeness (QED) is 0.227. The molecule has 2 aromatic carbocycles. The van der Waals surface area contributed by atoms with E-state index in [9.17, 15) is 29.0 Å². The molecule has 0 radical (unpaired) electrons. The van der Waals surface area contributed by atoms with Crippen molar-refractivity contribution in [3.63, 3.8) is 0 Å². The minimum Gasteiger partial charge on any atom is -0.399 e. The summed E-state index contributed by atoms with van der Waals surface area (Å²) in [5.41, 5.74) is 12.0. The summed E-state index contributed by atoms with van der Waals surface area (Å²) < 4.78 is 15.8. The fourth-order valence-electron chi connectivity index (χ4n) is 3.93. The first-order chi connectivity index (χ1) is 17.6. The third-order valence-corrected chi connectivity index (χ3v) is 6.13. The van der Waals surface area contributed by atoms with Gasteiger partial charge in [0.2, 0.25) is 11.8 Å². The summed E-state index contributed by atoms with van der Waals surface area (Å²) in [6.45, 7) is -0.0752. The van der Waals surface area contributed by atoms with Gasteiger partial charge in [-0.2, -0.15) is 5.10 Å². The Hall–Kier alpha value is -3.74. The number of nitrogen functional groups attached to an aromatic ring is 1. The zero-order valence-electron chi connectivity index (χ0n) is 20.0. The van der Waals surface area contributed by atoms with E-state index in [1.807, 2.05) is 0 Å². The molecule has 2 atom stereocenters. The Labute approximate surface area is 216 Å². The van der Waals surface area contributed by atoms with Crippen LogP contribution in [-0.4, -0.2) is 68.4 Å². The van der Waals surface area contributed by atoms with Gasteiger partial charge in [0.1, 0.15) is 12.4 Å². The Morgan fingerprint density at radius 1 is 1.24 bits per heavy atom. The van der Waals surface area contributed by atoms with Crippen molar-refractivity contribution < 1.29 is 29.0 Å². The standard InChI is InChI=1S/C24H28ClFN6O5/c1-13(12-34)31(10-20(35)29-18(7-8-33)15-3-2-4-17(25)22(15)26)21(36)11-32-19-6-5-14(27)9-16(19)23(30-32)24(28)37/h2-6,9,13,18,33-34H,7-8,10-12,27H2,1H3,(H2,28,37)(H,29,35)/t13?,18-/m0/s1. The summed E-state index contributed by atoms with van der Waals surface area (Å²) in [4.78, 5) is 39.1. The molecule has 1 heterocycles. The van der Waals surface area contributed by atoms with Crippen LogP contribution in [0.1, 0.15) is 35.4 Å². The molecule has 1 unspecified atom stereocenters. The number of rotatable bonds is 11. The second-order valence-electron chi connectivity index (χ2n) is 8.48. The first-order valence-corrected chi connectivity index (χ1v) is 11.7. The molecule has 3 aromatic rings. The molecule has 0 aliphatic rings. The highest BCUT2D eigenvalue weighted by molar-refractivity contribution is 6.30. The van der Waals surface area contributed by atoms with Crippen molar-refractivity contribution in [2.75, 3.05) is 25.5 Å². The lowest BCUT2D eigenvalue weighted by atomic mass is 10.0. The molecule has 0 spiro atoms. The van der Waals surface area contributed by atoms with Gasteiger partial charge in [-0.3, -0.25) is 19.1 Å². The van der Waals surface area contributed by atoms with Crippen LogP contribution in [0.5, 0.6) is 0 Å². The number of nitrogens with one attached hydrogen (secondary N) is 1. The molecule has 0 aliphatic heterocycles. The average Bonchev–Trinajstić information content (AvgIpc) is 3.21. The molecule has 37 heavy (non-hydrogen) atoms. The summed E-state index contributed by atoms with van der Waals surface area (Å²) in [6, 6.07) is 7.33. The molecule has 3 amide bonds. The van der Waals surface area contributed by atoms with E-state index in [1.54, 1.807) is 19.1 Å². The van der Waals surface area contributed by atoms with Crippen LogP contribution in [-0.2, 0) is 16.1 Å². The largest absolute Gasteiger partial charge is 0.399 e. The summed E-state index contributed by atoms with van der Waals surface area (Å²) in [6.07, 6.45) is 0.00477. The number of carbonyl (C=O) groups is 3. The van der Waals surface area contributed by atoms with Crippen molar-refractivity contribution in [2.24, 2.45) is 5.73 Å². The maximum atomic E-state index is 14.5. The summed E-state index contributed by atoms with van der Waals surface area (Å²) in [7, 11) is 0. The van der Waals surface area contributed by atoms with Crippen LogP contribution in [0.4, 0.5) is 10.1 Å². The Kier molecular flexibility index (Phi) is 9.03. The van der Waals surface area contributed by atoms with Crippen molar-refractivity contribution in [3.8, 4) is 0 Å². The van der Waals surface area contributed by atoms with Gasteiger partial charge in [0.05, 0.1) is 35.8 Å². The zero-order chi connectivity index (χ0) is 27.3. The maximum Gasteiger partial charge on any atom is 0.269 e. The van der Waals surface area contributed by atoms with Crippen LogP contribution in [0, 0.1) is 5.82 Å². The topological polar surface area (TPSA) is 177 Å². The second-order valence-corrected chi connectivity index (χ2v) is 8.88. The van der Waals surface area contributed by atoms with E-state index in [-0.39, 0.29) is 35.9 Å². The normalized spacial score (nSPS) is 12.8. The lowest BCUT2D eigenvalue weighted by Gasteiger charge is -2.29. The Morgan fingerprint density at radius 2 is 1.97 bits per heavy atom. The van der Waals surface area contributed by atoms with E-state index in [1.165, 1.54) is 28.9 Å². The number of nitrogens with two attached hydrogens (primary N) is 2. The van der Waals surface area contributed by atoms with Crippen molar-refractivity contribution in [2.45, 2.75) is 32.0 Å². The molecule has 0 saturated heterocycles. The number of aliphatic hydroxyl groups excluding tert-OH is 2. The Bertz CT molecular complexity index is 1320. The van der Waals surface area contributed by atoms with Crippen LogP contribution in [0.2, 0.25) is 5.02 Å². The molecular weight excluding hydrogens is 507 g/mol. The minimum absolute atomic E-state index is 0.00477. The number of nitrogens with zero attached hydrogens (tertiary/aromatic N) is 3. The van der Waals surface area contributed by atoms with Gasteiger partial charge in [0.15, 0.2) is 5.69 Å². The van der Waals surface area contributed by atoms with Crippen molar-refractivity contribution in [3.05, 3.63) is 58.5 Å². The van der Waals surface area contributed by atoms with E-state index in [0.717, 1.165) is 4.90 Å². The van der Waals surface area contributed by atoms with E-state index in [4.69, 9.17) is 23.1 Å². The molecule has 0 aliphatic carbocycles. The number of carbonyl (C=O) groups excluding carboxylic acids is 3. The van der Waals surface area contributed by atoms with Gasteiger partial charge in [-0.1, -0.05) is 23.7 Å². The lowest BCUT2D eigenvalue weighted by molar-refractivity contribution is -0.139. The highest BCUT2D eigenvalue weighted by Crippen LogP contribution is 2.26. The monoisotopic (exact) mass is 534 g/mol. The molecule has 11 nitrogen and oxygen atoms in total. The third kappa shape index (κ3) is 6.34. The smallest absolute Gasteiger partial charge is 0.269 e. The Morgan fingerprint density at radius 3 is 2.62 bits per heavy atom. The number of primary amides is 1. The summed E-state index contributed by atoms with van der Waals surface area (Å²) in [5, 5.41) is 26.1. The molecule has 0 bridgehead atoms. The van der Waals surface area contributed by atoms with Crippen LogP contribution in [0.15, 0.2) is 36.4 Å². The number of anilines is 1. The van der Waals surface area contributed by atoms with Gasteiger partial charge in [-0.15, -0.1) is 0 Å². The summed E-state index contributed by atoms with van der Waals surface area (Å²) >= 11 is 5.85. The second kappa shape index (κ2) is 12.0. The molecule has 3 rings (SSSR count). The first kappa shape index (κ1) is 27.8. The van der Waals surface area contributed by atoms with E-state index < -0.39 is 48.8 Å². The van der Waals surface area contributed by atoms with E-state index >= 15 is 0 Å². The third-order valence-electron chi connectivity index (χ3n) is 5.83. The zero-order valence-corrected chi connectivity index (χ0v) is 20.8. The first-order valence-electron chi connectivity index (χ1n) is 11.4. The Balaban J connectivity index is 1.83. The SMILES string of the molecule is CC(CO)N(CC(=O)N[C@@H](CCO)c1cccc(Cl)c1F)C(=O)Cn1nc(C(N)=O)c2cc(N)ccc21. The number of hydrogen-bond acceptors (Lipinski definition) is 7.